The Morgan fingerprint density at radius 3 is 1.73 bits per heavy atom. The van der Waals surface area contributed by atoms with Crippen molar-refractivity contribution in [2.24, 2.45) is 5.73 Å². The number of thiol groups is 1. The fourth-order valence-electron chi connectivity index (χ4n) is 1.61. The molecule has 0 aromatic rings. The normalized spacial score (nSPS) is 16.5. The summed E-state index contributed by atoms with van der Waals surface area (Å²) in [5.74, 6) is -4.48. The second kappa shape index (κ2) is 11.6. The maximum absolute atomic E-state index is 12.1. The molecule has 0 rings (SSSR count). The maximum Gasteiger partial charge on any atom is 0.328 e. The molecule has 0 saturated heterocycles. The first-order chi connectivity index (χ1) is 12.1. The average molecular weight is 396 g/mol. The van der Waals surface area contributed by atoms with Crippen LogP contribution < -0.4 is 21.7 Å². The van der Waals surface area contributed by atoms with Gasteiger partial charge >= 0.3 is 5.97 Å². The Hall–Kier alpha value is -1.93. The Kier molecular flexibility index (Phi) is 10.8. The molecule has 5 unspecified atom stereocenters. The van der Waals surface area contributed by atoms with Crippen LogP contribution in [0.2, 0.25) is 0 Å². The molecular formula is C13H24N4O8S. The van der Waals surface area contributed by atoms with Crippen molar-refractivity contribution in [3.63, 3.8) is 0 Å². The van der Waals surface area contributed by atoms with Crippen molar-refractivity contribution < 1.29 is 39.6 Å². The number of carboxylic acid groups (broad SMARTS) is 1. The van der Waals surface area contributed by atoms with E-state index >= 15 is 0 Å². The van der Waals surface area contributed by atoms with Crippen LogP contribution in [0.4, 0.5) is 0 Å². The smallest absolute Gasteiger partial charge is 0.328 e. The van der Waals surface area contributed by atoms with Crippen LogP contribution in [0.15, 0.2) is 0 Å². The Morgan fingerprint density at radius 2 is 1.35 bits per heavy atom. The Morgan fingerprint density at radius 1 is 0.923 bits per heavy atom. The van der Waals surface area contributed by atoms with Crippen molar-refractivity contribution in [1.29, 1.82) is 0 Å². The maximum atomic E-state index is 12.1. The van der Waals surface area contributed by atoms with Crippen molar-refractivity contribution in [3.8, 4) is 0 Å². The molecule has 26 heavy (non-hydrogen) atoms. The highest BCUT2D eigenvalue weighted by molar-refractivity contribution is 7.80. The van der Waals surface area contributed by atoms with Gasteiger partial charge in [-0.15, -0.1) is 0 Å². The summed E-state index contributed by atoms with van der Waals surface area (Å²) in [4.78, 5) is 46.6. The first kappa shape index (κ1) is 24.1. The molecule has 13 heteroatoms. The van der Waals surface area contributed by atoms with Gasteiger partial charge < -0.3 is 42.1 Å². The van der Waals surface area contributed by atoms with Crippen LogP contribution in [-0.2, 0) is 19.2 Å². The van der Waals surface area contributed by atoms with E-state index in [2.05, 4.69) is 23.3 Å². The number of aliphatic hydroxyl groups excluding tert-OH is 3. The van der Waals surface area contributed by atoms with Crippen molar-refractivity contribution in [1.82, 2.24) is 16.0 Å². The highest BCUT2D eigenvalue weighted by Gasteiger charge is 2.29. The number of amides is 3. The lowest BCUT2D eigenvalue weighted by Gasteiger charge is -2.23. The van der Waals surface area contributed by atoms with E-state index in [0.717, 1.165) is 0 Å². The molecule has 0 heterocycles. The standard InChI is InChI=1S/C13H24N4O8S/c1-5(20)9(14)12(23)15-6(2-18)10(21)17-8(4-26)11(22)16-7(3-19)13(24)25/h5-9,18-20,26H,2-4,14H2,1H3,(H,15,23)(H,16,22)(H,17,21)(H,24,25). The summed E-state index contributed by atoms with van der Waals surface area (Å²) in [6.45, 7) is -0.417. The SMILES string of the molecule is CC(O)C(N)C(=O)NC(CO)C(=O)NC(CS)C(=O)NC(CO)C(=O)O. The number of nitrogens with two attached hydrogens (primary N) is 1. The van der Waals surface area contributed by atoms with Gasteiger partial charge in [-0.05, 0) is 6.92 Å². The van der Waals surface area contributed by atoms with Crippen LogP contribution in [0.25, 0.3) is 0 Å². The molecular weight excluding hydrogens is 372 g/mol. The molecule has 0 aliphatic rings. The minimum Gasteiger partial charge on any atom is -0.480 e. The monoisotopic (exact) mass is 396 g/mol. The molecule has 0 radical (unpaired) electrons. The van der Waals surface area contributed by atoms with Crippen LogP contribution in [-0.4, -0.2) is 93.4 Å². The van der Waals surface area contributed by atoms with Gasteiger partial charge in [0.1, 0.15) is 24.2 Å². The molecule has 12 nitrogen and oxygen atoms in total. The number of carbonyl (C=O) groups excluding carboxylic acids is 3. The zero-order chi connectivity index (χ0) is 20.4. The van der Waals surface area contributed by atoms with E-state index in [4.69, 9.17) is 15.9 Å². The van der Waals surface area contributed by atoms with Gasteiger partial charge in [-0.3, -0.25) is 14.4 Å². The van der Waals surface area contributed by atoms with Gasteiger partial charge in [-0.1, -0.05) is 0 Å². The van der Waals surface area contributed by atoms with E-state index in [0.29, 0.717) is 0 Å². The van der Waals surface area contributed by atoms with Gasteiger partial charge in [0.25, 0.3) is 0 Å². The first-order valence-electron chi connectivity index (χ1n) is 7.49. The fraction of sp³-hybridized carbons (Fsp3) is 0.692. The molecule has 0 aromatic carbocycles. The molecule has 0 spiro atoms. The molecule has 0 saturated carbocycles. The van der Waals surface area contributed by atoms with Crippen LogP contribution in [0.1, 0.15) is 6.92 Å². The third-order valence-corrected chi connectivity index (χ3v) is 3.62. The van der Waals surface area contributed by atoms with Crippen LogP contribution >= 0.6 is 12.6 Å². The van der Waals surface area contributed by atoms with E-state index in [1.807, 2.05) is 5.32 Å². The Labute approximate surface area is 154 Å². The Bertz CT molecular complexity index is 518. The summed E-state index contributed by atoms with van der Waals surface area (Å²) in [5, 5.41) is 42.4. The number of hydrogen-bond acceptors (Lipinski definition) is 9. The number of aliphatic hydroxyl groups is 3. The lowest BCUT2D eigenvalue weighted by molar-refractivity contribution is -0.143. The molecule has 5 atom stereocenters. The van der Waals surface area contributed by atoms with Gasteiger partial charge in [0, 0.05) is 5.75 Å². The molecule has 0 aliphatic carbocycles. The van der Waals surface area contributed by atoms with E-state index in [1.54, 1.807) is 0 Å². The molecule has 9 N–H and O–H groups in total. The summed E-state index contributed by atoms with van der Waals surface area (Å²) in [6.07, 6.45) is -1.19. The predicted molar refractivity (Wildman–Crippen MR) is 91.1 cm³/mol. The molecule has 3 amide bonds. The third kappa shape index (κ3) is 7.53. The van der Waals surface area contributed by atoms with Gasteiger partial charge in [0.15, 0.2) is 0 Å². The van der Waals surface area contributed by atoms with Gasteiger partial charge in [0.2, 0.25) is 17.7 Å². The fourth-order valence-corrected chi connectivity index (χ4v) is 1.86. The van der Waals surface area contributed by atoms with Gasteiger partial charge in [0.05, 0.1) is 19.3 Å². The summed E-state index contributed by atoms with van der Waals surface area (Å²) in [7, 11) is 0. The second-order valence-corrected chi connectivity index (χ2v) is 5.70. The van der Waals surface area contributed by atoms with Crippen LogP contribution in [0.5, 0.6) is 0 Å². The van der Waals surface area contributed by atoms with Crippen molar-refractivity contribution >= 4 is 36.3 Å². The number of hydrogen-bond donors (Lipinski definition) is 9. The highest BCUT2D eigenvalue weighted by Crippen LogP contribution is 1.96. The van der Waals surface area contributed by atoms with E-state index in [1.165, 1.54) is 6.92 Å². The van der Waals surface area contributed by atoms with Crippen molar-refractivity contribution in [3.05, 3.63) is 0 Å². The van der Waals surface area contributed by atoms with Crippen LogP contribution in [0.3, 0.4) is 0 Å². The number of carboxylic acids is 1. The van der Waals surface area contributed by atoms with Gasteiger partial charge in [-0.2, -0.15) is 12.6 Å². The largest absolute Gasteiger partial charge is 0.480 e. The zero-order valence-electron chi connectivity index (χ0n) is 14.0. The number of nitrogens with one attached hydrogen (secondary N) is 3. The number of carbonyl (C=O) groups is 4. The van der Waals surface area contributed by atoms with E-state index < -0.39 is 67.2 Å². The minimum atomic E-state index is -1.57. The van der Waals surface area contributed by atoms with E-state index in [9.17, 15) is 29.4 Å². The summed E-state index contributed by atoms with van der Waals surface area (Å²) in [5.41, 5.74) is 5.41. The predicted octanol–water partition coefficient (Wildman–Crippen LogP) is -4.85. The zero-order valence-corrected chi connectivity index (χ0v) is 14.8. The molecule has 0 bridgehead atoms. The Balaban J connectivity index is 4.91. The van der Waals surface area contributed by atoms with Gasteiger partial charge in [-0.25, -0.2) is 4.79 Å². The summed E-state index contributed by atoms with van der Waals surface area (Å²) < 4.78 is 0. The molecule has 0 aromatic heterocycles. The number of rotatable bonds is 11. The summed E-state index contributed by atoms with van der Waals surface area (Å²) >= 11 is 3.87. The molecule has 0 fully saturated rings. The second-order valence-electron chi connectivity index (χ2n) is 5.34. The average Bonchev–Trinajstić information content (AvgIpc) is 2.59. The number of aliphatic carboxylic acids is 1. The summed E-state index contributed by atoms with van der Waals surface area (Å²) in [6, 6.07) is -5.66. The van der Waals surface area contributed by atoms with Crippen LogP contribution in [0, 0.1) is 0 Å². The quantitative estimate of drug-likeness (QED) is 0.153. The lowest BCUT2D eigenvalue weighted by Crippen LogP contribution is -2.59. The van der Waals surface area contributed by atoms with Crippen molar-refractivity contribution in [2.75, 3.05) is 19.0 Å². The minimum absolute atomic E-state index is 0.228. The highest BCUT2D eigenvalue weighted by atomic mass is 32.1. The molecule has 150 valence electrons. The molecule has 0 aliphatic heterocycles. The third-order valence-electron chi connectivity index (χ3n) is 3.25. The van der Waals surface area contributed by atoms with E-state index in [-0.39, 0.29) is 5.75 Å². The lowest BCUT2D eigenvalue weighted by atomic mass is 10.1. The van der Waals surface area contributed by atoms with Crippen molar-refractivity contribution in [2.45, 2.75) is 37.2 Å². The first-order valence-corrected chi connectivity index (χ1v) is 8.12. The topological polar surface area (TPSA) is 211 Å².